The van der Waals surface area contributed by atoms with Gasteiger partial charge in [0.2, 0.25) is 15.9 Å². The number of carbonyl (C=O) groups excluding carboxylic acids is 2. The van der Waals surface area contributed by atoms with Crippen molar-refractivity contribution in [2.45, 2.75) is 37.8 Å². The molecule has 0 aliphatic heterocycles. The maximum atomic E-state index is 12.4. The Balaban J connectivity index is 1.79. The van der Waals surface area contributed by atoms with Gasteiger partial charge in [0.1, 0.15) is 0 Å². The van der Waals surface area contributed by atoms with E-state index in [0.717, 1.165) is 5.56 Å². The van der Waals surface area contributed by atoms with Gasteiger partial charge in [-0.05, 0) is 43.7 Å². The van der Waals surface area contributed by atoms with E-state index in [1.165, 1.54) is 28.8 Å². The largest absolute Gasteiger partial charge is 0.459 e. The van der Waals surface area contributed by atoms with Crippen molar-refractivity contribution in [2.75, 3.05) is 13.6 Å². The van der Waals surface area contributed by atoms with Crippen molar-refractivity contribution in [1.29, 1.82) is 0 Å². The van der Waals surface area contributed by atoms with Crippen molar-refractivity contribution < 1.29 is 22.4 Å². The van der Waals surface area contributed by atoms with E-state index in [0.29, 0.717) is 0 Å². The molecule has 2 amide bonds. The van der Waals surface area contributed by atoms with Crippen LogP contribution < -0.4 is 10.6 Å². The van der Waals surface area contributed by atoms with Gasteiger partial charge in [-0.3, -0.25) is 9.59 Å². The fraction of sp³-hybridized carbons (Fsp3) is 0.368. The summed E-state index contributed by atoms with van der Waals surface area (Å²) in [6.07, 6.45) is 1.52. The topological polar surface area (TPSA) is 109 Å². The summed E-state index contributed by atoms with van der Waals surface area (Å²) < 4.78 is 31.1. The lowest BCUT2D eigenvalue weighted by molar-refractivity contribution is -0.121. The summed E-state index contributed by atoms with van der Waals surface area (Å²) in [5.41, 5.74) is 0.777. The van der Waals surface area contributed by atoms with Crippen LogP contribution in [0.25, 0.3) is 0 Å². The molecule has 0 saturated carbocycles. The lowest BCUT2D eigenvalue weighted by Crippen LogP contribution is -2.33. The molecule has 0 atom stereocenters. The molecule has 2 rings (SSSR count). The summed E-state index contributed by atoms with van der Waals surface area (Å²) in [4.78, 5) is 23.8. The maximum absolute atomic E-state index is 12.4. The van der Waals surface area contributed by atoms with Crippen LogP contribution in [0.5, 0.6) is 0 Å². The maximum Gasteiger partial charge on any atom is 0.286 e. The van der Waals surface area contributed by atoms with Gasteiger partial charge in [-0.1, -0.05) is 12.1 Å². The Labute approximate surface area is 165 Å². The van der Waals surface area contributed by atoms with E-state index in [4.69, 9.17) is 4.42 Å². The van der Waals surface area contributed by atoms with Gasteiger partial charge in [0.15, 0.2) is 5.76 Å². The number of nitrogens with one attached hydrogen (secondary N) is 2. The fourth-order valence-electron chi connectivity index (χ4n) is 2.30. The van der Waals surface area contributed by atoms with E-state index in [-0.39, 0.29) is 48.0 Å². The SMILES string of the molecule is CC(C)N(C)S(=O)(=O)c1ccc(CNC(=O)CCNC(=O)c2ccco2)cc1. The van der Waals surface area contributed by atoms with Crippen LogP contribution in [0.15, 0.2) is 52.0 Å². The zero-order chi connectivity index (χ0) is 20.7. The van der Waals surface area contributed by atoms with Crippen LogP contribution in [0.3, 0.4) is 0 Å². The molecule has 0 spiro atoms. The van der Waals surface area contributed by atoms with Crippen LogP contribution in [-0.2, 0) is 21.4 Å². The number of carbonyl (C=O) groups is 2. The minimum atomic E-state index is -3.53. The Morgan fingerprint density at radius 2 is 1.79 bits per heavy atom. The second kappa shape index (κ2) is 9.52. The van der Waals surface area contributed by atoms with Crippen LogP contribution in [0.4, 0.5) is 0 Å². The lowest BCUT2D eigenvalue weighted by atomic mass is 10.2. The second-order valence-corrected chi connectivity index (χ2v) is 8.52. The predicted molar refractivity (Wildman–Crippen MR) is 104 cm³/mol. The zero-order valence-corrected chi connectivity index (χ0v) is 17.0. The Bertz CT molecular complexity index is 890. The third kappa shape index (κ3) is 5.67. The van der Waals surface area contributed by atoms with Gasteiger partial charge in [-0.15, -0.1) is 0 Å². The molecule has 28 heavy (non-hydrogen) atoms. The number of rotatable bonds is 9. The van der Waals surface area contributed by atoms with Crippen molar-refractivity contribution in [1.82, 2.24) is 14.9 Å². The third-order valence-electron chi connectivity index (χ3n) is 4.20. The number of sulfonamides is 1. The second-order valence-electron chi connectivity index (χ2n) is 6.52. The highest BCUT2D eigenvalue weighted by Gasteiger charge is 2.22. The number of furan rings is 1. The molecule has 0 radical (unpaired) electrons. The van der Waals surface area contributed by atoms with E-state index >= 15 is 0 Å². The Morgan fingerprint density at radius 3 is 2.36 bits per heavy atom. The predicted octanol–water partition coefficient (Wildman–Crippen LogP) is 1.74. The molecule has 8 nitrogen and oxygen atoms in total. The Morgan fingerprint density at radius 1 is 1.11 bits per heavy atom. The molecular weight excluding hydrogens is 382 g/mol. The summed E-state index contributed by atoms with van der Waals surface area (Å²) in [5, 5.41) is 5.33. The van der Waals surface area contributed by atoms with Gasteiger partial charge >= 0.3 is 0 Å². The highest BCUT2D eigenvalue weighted by atomic mass is 32.2. The first-order valence-electron chi connectivity index (χ1n) is 8.87. The third-order valence-corrected chi connectivity index (χ3v) is 6.25. The molecular formula is C19H25N3O5S. The van der Waals surface area contributed by atoms with Crippen LogP contribution in [-0.4, -0.2) is 44.2 Å². The van der Waals surface area contributed by atoms with Gasteiger partial charge in [0.25, 0.3) is 5.91 Å². The standard InChI is InChI=1S/C19H25N3O5S/c1-14(2)22(3)28(25,26)16-8-6-15(7-9-16)13-21-18(23)10-11-20-19(24)17-5-4-12-27-17/h4-9,12,14H,10-11,13H2,1-3H3,(H,20,24)(H,21,23). The lowest BCUT2D eigenvalue weighted by Gasteiger charge is -2.21. The monoisotopic (exact) mass is 407 g/mol. The van der Waals surface area contributed by atoms with Crippen molar-refractivity contribution >= 4 is 21.8 Å². The van der Waals surface area contributed by atoms with Crippen molar-refractivity contribution in [3.05, 3.63) is 54.0 Å². The number of benzene rings is 1. The molecule has 2 N–H and O–H groups in total. The van der Waals surface area contributed by atoms with Gasteiger partial charge in [0, 0.05) is 32.6 Å². The van der Waals surface area contributed by atoms with Crippen molar-refractivity contribution in [3.63, 3.8) is 0 Å². The number of hydrogen-bond donors (Lipinski definition) is 2. The van der Waals surface area contributed by atoms with Crippen LogP contribution in [0.2, 0.25) is 0 Å². The van der Waals surface area contributed by atoms with Gasteiger partial charge < -0.3 is 15.1 Å². The average Bonchev–Trinajstić information content (AvgIpc) is 3.20. The molecule has 1 heterocycles. The molecule has 1 aromatic heterocycles. The summed E-state index contributed by atoms with van der Waals surface area (Å²) in [7, 11) is -1.99. The summed E-state index contributed by atoms with van der Waals surface area (Å²) in [5.74, 6) is -0.407. The molecule has 9 heteroatoms. The normalized spacial score (nSPS) is 11.6. The molecule has 0 aliphatic rings. The van der Waals surface area contributed by atoms with Gasteiger partial charge in [0.05, 0.1) is 11.2 Å². The van der Waals surface area contributed by atoms with Crippen LogP contribution in [0.1, 0.15) is 36.4 Å². The Kier molecular flexibility index (Phi) is 7.36. The Hall–Kier alpha value is -2.65. The molecule has 152 valence electrons. The molecule has 0 bridgehead atoms. The molecule has 0 saturated heterocycles. The van der Waals surface area contributed by atoms with E-state index in [9.17, 15) is 18.0 Å². The van der Waals surface area contributed by atoms with Crippen LogP contribution >= 0.6 is 0 Å². The first-order valence-corrected chi connectivity index (χ1v) is 10.3. The highest BCUT2D eigenvalue weighted by Crippen LogP contribution is 2.17. The summed E-state index contributed by atoms with van der Waals surface area (Å²) in [6.45, 7) is 4.06. The molecule has 0 aliphatic carbocycles. The average molecular weight is 407 g/mol. The number of amides is 2. The highest BCUT2D eigenvalue weighted by molar-refractivity contribution is 7.89. The van der Waals surface area contributed by atoms with Crippen molar-refractivity contribution in [3.8, 4) is 0 Å². The minimum Gasteiger partial charge on any atom is -0.459 e. The van der Waals surface area contributed by atoms with Crippen molar-refractivity contribution in [2.24, 2.45) is 0 Å². The van der Waals surface area contributed by atoms with E-state index in [2.05, 4.69) is 10.6 Å². The molecule has 1 aromatic carbocycles. The van der Waals surface area contributed by atoms with E-state index in [1.54, 1.807) is 39.1 Å². The van der Waals surface area contributed by atoms with E-state index in [1.807, 2.05) is 0 Å². The summed E-state index contributed by atoms with van der Waals surface area (Å²) in [6, 6.07) is 9.40. The van der Waals surface area contributed by atoms with Crippen LogP contribution in [0, 0.1) is 0 Å². The smallest absolute Gasteiger partial charge is 0.286 e. The molecule has 0 unspecified atom stereocenters. The first kappa shape index (κ1) is 21.6. The zero-order valence-electron chi connectivity index (χ0n) is 16.1. The summed E-state index contributed by atoms with van der Waals surface area (Å²) >= 11 is 0. The fourth-order valence-corrected chi connectivity index (χ4v) is 3.66. The number of nitrogens with zero attached hydrogens (tertiary/aromatic N) is 1. The van der Waals surface area contributed by atoms with Gasteiger partial charge in [-0.25, -0.2) is 8.42 Å². The first-order chi connectivity index (χ1) is 13.2. The quantitative estimate of drug-likeness (QED) is 0.658. The molecule has 0 fully saturated rings. The number of hydrogen-bond acceptors (Lipinski definition) is 5. The molecule has 2 aromatic rings. The minimum absolute atomic E-state index is 0.123. The van der Waals surface area contributed by atoms with E-state index < -0.39 is 10.0 Å². The van der Waals surface area contributed by atoms with Gasteiger partial charge in [-0.2, -0.15) is 4.31 Å².